The van der Waals surface area contributed by atoms with Crippen molar-refractivity contribution in [3.05, 3.63) is 100 Å². The normalized spacial score (nSPS) is 21.5. The van der Waals surface area contributed by atoms with Gasteiger partial charge in [0, 0.05) is 54.8 Å². The largest absolute Gasteiger partial charge is 0.497 e. The third-order valence-electron chi connectivity index (χ3n) is 10.3. The minimum absolute atomic E-state index is 0.0243. The number of hydrogen-bond acceptors (Lipinski definition) is 8. The van der Waals surface area contributed by atoms with Crippen LogP contribution in [0.1, 0.15) is 62.5 Å². The fraction of sp³-hybridized carbons (Fsp3) is 0.419. The molecule has 7 N–H and O–H groups in total. The summed E-state index contributed by atoms with van der Waals surface area (Å²) in [5.74, 6) is -3.50. The van der Waals surface area contributed by atoms with Crippen molar-refractivity contribution in [1.82, 2.24) is 41.5 Å². The Morgan fingerprint density at radius 3 is 2.05 bits per heavy atom. The van der Waals surface area contributed by atoms with Crippen molar-refractivity contribution in [3.63, 3.8) is 0 Å². The number of aromatic nitrogens is 2. The molecule has 0 radical (unpaired) electrons. The van der Waals surface area contributed by atoms with Gasteiger partial charge >= 0.3 is 0 Å². The Bertz CT molecular complexity index is 2180. The van der Waals surface area contributed by atoms with Crippen molar-refractivity contribution in [2.45, 2.75) is 84.1 Å². The first kappa shape index (κ1) is 43.7. The molecule has 16 nitrogen and oxygen atoms in total. The van der Waals surface area contributed by atoms with Crippen LogP contribution in [-0.2, 0) is 36.8 Å². The Kier molecular flexibility index (Phi) is 14.7. The van der Waals surface area contributed by atoms with Crippen LogP contribution in [0.3, 0.4) is 0 Å². The average molecular weight is 811 g/mol. The summed E-state index contributed by atoms with van der Waals surface area (Å²) in [5, 5.41) is 15.0. The minimum Gasteiger partial charge on any atom is -0.497 e. The number of fused-ring (bicyclic) bond motifs is 1. The zero-order valence-electron chi connectivity index (χ0n) is 34.2. The lowest BCUT2D eigenvalue weighted by Crippen LogP contribution is -2.60. The Balaban J connectivity index is 1.55. The standard InChI is InChI=1S/C43H54N8O8/c1-24(2)17-33-41(56)49-34(18-27-11-14-30(59-6)15-12-27)40(55)46-26(5)39(54)50-36(25(3)4)22-51(43(58)28-13-16-37(52)45-20-28)23-38(53)47-35(42(57)48-33)19-29-21-44-32-10-8-7-9-31(29)32/h7-16,20-21,24-26,33-36,44H,17-19,22-23H2,1-6H3,(H,45,52)(H,46,55)(H,47,53)(H,48,57)(H,49,56)(H,50,54)/t26-,33+,34+,35-,36-/m1/s1. The lowest BCUT2D eigenvalue weighted by molar-refractivity contribution is -0.135. The van der Waals surface area contributed by atoms with E-state index in [9.17, 15) is 33.6 Å². The fourth-order valence-corrected chi connectivity index (χ4v) is 6.89. The molecule has 4 aromatic rings. The van der Waals surface area contributed by atoms with Gasteiger partial charge in [0.2, 0.25) is 35.1 Å². The van der Waals surface area contributed by atoms with Crippen molar-refractivity contribution in [2.24, 2.45) is 11.8 Å². The Hall–Kier alpha value is -6.45. The zero-order valence-corrected chi connectivity index (χ0v) is 34.2. The topological polar surface area (TPSA) is 224 Å². The number of carbonyl (C=O) groups excluding carboxylic acids is 6. The summed E-state index contributed by atoms with van der Waals surface area (Å²) in [6.07, 6.45) is 3.26. The van der Waals surface area contributed by atoms with Gasteiger partial charge in [-0.05, 0) is 60.6 Å². The van der Waals surface area contributed by atoms with E-state index in [-0.39, 0.29) is 43.2 Å². The van der Waals surface area contributed by atoms with Crippen LogP contribution in [0.25, 0.3) is 10.9 Å². The van der Waals surface area contributed by atoms with Crippen molar-refractivity contribution in [1.29, 1.82) is 0 Å². The molecule has 1 aliphatic heterocycles. The number of amides is 6. The van der Waals surface area contributed by atoms with E-state index in [0.717, 1.165) is 16.5 Å². The summed E-state index contributed by atoms with van der Waals surface area (Å²) in [7, 11) is 1.53. The minimum atomic E-state index is -1.21. The molecule has 1 aliphatic rings. The third-order valence-corrected chi connectivity index (χ3v) is 10.3. The molecular weight excluding hydrogens is 757 g/mol. The number of benzene rings is 2. The molecule has 2 aromatic carbocycles. The number of nitrogens with one attached hydrogen (secondary N) is 7. The molecule has 0 unspecified atom stereocenters. The maximum absolute atomic E-state index is 14.4. The Morgan fingerprint density at radius 1 is 0.729 bits per heavy atom. The zero-order chi connectivity index (χ0) is 42.8. The van der Waals surface area contributed by atoms with E-state index in [4.69, 9.17) is 4.74 Å². The molecule has 59 heavy (non-hydrogen) atoms. The van der Waals surface area contributed by atoms with Gasteiger partial charge in [-0.25, -0.2) is 0 Å². The van der Waals surface area contributed by atoms with Crippen LogP contribution in [0.5, 0.6) is 5.75 Å². The predicted octanol–water partition coefficient (Wildman–Crippen LogP) is 1.95. The number of H-pyrrole nitrogens is 2. The number of hydrogen-bond donors (Lipinski definition) is 7. The van der Waals surface area contributed by atoms with Gasteiger partial charge < -0.3 is 46.2 Å². The number of methoxy groups -OCH3 is 1. The van der Waals surface area contributed by atoms with Crippen LogP contribution in [0.2, 0.25) is 0 Å². The van der Waals surface area contributed by atoms with E-state index >= 15 is 0 Å². The molecular formula is C43H54N8O8. The summed E-state index contributed by atoms with van der Waals surface area (Å²) >= 11 is 0. The number of pyridine rings is 1. The highest BCUT2D eigenvalue weighted by molar-refractivity contribution is 5.98. The average Bonchev–Trinajstić information content (AvgIpc) is 3.61. The first-order valence-electron chi connectivity index (χ1n) is 19.8. The van der Waals surface area contributed by atoms with Crippen LogP contribution in [0.15, 0.2) is 77.9 Å². The quantitative estimate of drug-likeness (QED) is 0.132. The molecule has 0 spiro atoms. The van der Waals surface area contributed by atoms with Gasteiger partial charge in [0.05, 0.1) is 19.2 Å². The van der Waals surface area contributed by atoms with Crippen LogP contribution in [0.4, 0.5) is 0 Å². The molecule has 16 heteroatoms. The maximum Gasteiger partial charge on any atom is 0.255 e. The number of para-hydroxylation sites is 1. The second-order valence-electron chi connectivity index (χ2n) is 15.7. The van der Waals surface area contributed by atoms with E-state index < -0.39 is 77.8 Å². The number of ether oxygens (including phenoxy) is 1. The highest BCUT2D eigenvalue weighted by Crippen LogP contribution is 2.20. The highest BCUT2D eigenvalue weighted by Gasteiger charge is 2.34. The number of rotatable bonds is 9. The summed E-state index contributed by atoms with van der Waals surface area (Å²) in [6.45, 7) is 8.27. The molecule has 5 rings (SSSR count). The predicted molar refractivity (Wildman–Crippen MR) is 221 cm³/mol. The van der Waals surface area contributed by atoms with Crippen molar-refractivity contribution < 1.29 is 33.5 Å². The van der Waals surface area contributed by atoms with Gasteiger partial charge in [0.1, 0.15) is 29.9 Å². The summed E-state index contributed by atoms with van der Waals surface area (Å²) in [4.78, 5) is 103. The van der Waals surface area contributed by atoms with Gasteiger partial charge in [-0.15, -0.1) is 0 Å². The maximum atomic E-state index is 14.4. The van der Waals surface area contributed by atoms with Gasteiger partial charge in [-0.2, -0.15) is 0 Å². The molecule has 1 saturated heterocycles. The van der Waals surface area contributed by atoms with Gasteiger partial charge in [-0.1, -0.05) is 58.0 Å². The van der Waals surface area contributed by atoms with Gasteiger partial charge in [0.15, 0.2) is 0 Å². The molecule has 0 bridgehead atoms. The van der Waals surface area contributed by atoms with E-state index in [1.165, 1.54) is 37.3 Å². The number of carbonyl (C=O) groups is 6. The second kappa shape index (κ2) is 19.8. The third kappa shape index (κ3) is 11.8. The smallest absolute Gasteiger partial charge is 0.255 e. The molecule has 3 heterocycles. The summed E-state index contributed by atoms with van der Waals surface area (Å²) in [5.41, 5.74) is 1.91. The van der Waals surface area contributed by atoms with Gasteiger partial charge in [0.25, 0.3) is 5.91 Å². The fourth-order valence-electron chi connectivity index (χ4n) is 6.89. The highest BCUT2D eigenvalue weighted by atomic mass is 16.5. The van der Waals surface area contributed by atoms with E-state index in [2.05, 4.69) is 36.6 Å². The number of nitrogens with zero attached hydrogens (tertiary/aromatic N) is 1. The molecule has 314 valence electrons. The lowest BCUT2D eigenvalue weighted by atomic mass is 9.99. The Labute approximate surface area is 342 Å². The van der Waals surface area contributed by atoms with Crippen LogP contribution < -0.4 is 36.9 Å². The molecule has 5 atom stereocenters. The molecule has 0 saturated carbocycles. The molecule has 2 aromatic heterocycles. The summed E-state index contributed by atoms with van der Waals surface area (Å²) < 4.78 is 5.28. The van der Waals surface area contributed by atoms with Crippen molar-refractivity contribution >= 4 is 46.3 Å². The van der Waals surface area contributed by atoms with Crippen molar-refractivity contribution in [3.8, 4) is 5.75 Å². The van der Waals surface area contributed by atoms with E-state index in [1.54, 1.807) is 30.5 Å². The van der Waals surface area contributed by atoms with E-state index in [1.807, 2.05) is 52.0 Å². The first-order valence-corrected chi connectivity index (χ1v) is 19.8. The molecule has 0 aliphatic carbocycles. The van der Waals surface area contributed by atoms with Crippen molar-refractivity contribution in [2.75, 3.05) is 20.2 Å². The Morgan fingerprint density at radius 2 is 1.39 bits per heavy atom. The second-order valence-corrected chi connectivity index (χ2v) is 15.7. The van der Waals surface area contributed by atoms with Crippen LogP contribution in [0, 0.1) is 11.8 Å². The SMILES string of the molecule is COc1ccc(C[C@@H]2NC(=O)[C@H](CC(C)C)NC(=O)[C@@H](Cc3c[nH]c4ccccc34)NC(=O)CN(C(=O)c3ccc(=O)[nH]c3)C[C@H](C(C)C)NC(=O)[C@@H](C)NC2=O)cc1. The first-order chi connectivity index (χ1) is 28.1. The molecule has 1 fully saturated rings. The molecule has 6 amide bonds. The van der Waals surface area contributed by atoms with Crippen LogP contribution in [-0.4, -0.2) is 101 Å². The monoisotopic (exact) mass is 810 g/mol. The van der Waals surface area contributed by atoms with Crippen LogP contribution >= 0.6 is 0 Å². The summed E-state index contributed by atoms with van der Waals surface area (Å²) in [6, 6.07) is 11.7. The van der Waals surface area contributed by atoms with Gasteiger partial charge in [-0.3, -0.25) is 33.6 Å². The lowest BCUT2D eigenvalue weighted by Gasteiger charge is -2.32. The number of aromatic amines is 2. The van der Waals surface area contributed by atoms with E-state index in [0.29, 0.717) is 11.3 Å².